The smallest absolute Gasteiger partial charge is 0.222 e. The van der Waals surface area contributed by atoms with E-state index < -0.39 is 9.84 Å². The summed E-state index contributed by atoms with van der Waals surface area (Å²) >= 11 is 6.05. The first kappa shape index (κ1) is 19.8. The van der Waals surface area contributed by atoms with Crippen molar-refractivity contribution in [3.8, 4) is 11.3 Å². The summed E-state index contributed by atoms with van der Waals surface area (Å²) in [6.07, 6.45) is 4.38. The van der Waals surface area contributed by atoms with Crippen LogP contribution in [0, 0.1) is 0 Å². The van der Waals surface area contributed by atoms with E-state index >= 15 is 0 Å². The lowest BCUT2D eigenvalue weighted by Crippen LogP contribution is -2.09. The van der Waals surface area contributed by atoms with Crippen molar-refractivity contribution >= 4 is 44.7 Å². The number of carbonyl (C=O) groups is 1. The third kappa shape index (κ3) is 4.65. The summed E-state index contributed by atoms with van der Waals surface area (Å²) in [4.78, 5) is 19.7. The van der Waals surface area contributed by atoms with E-state index in [1.54, 1.807) is 36.3 Å². The van der Waals surface area contributed by atoms with E-state index in [0.29, 0.717) is 22.8 Å². The van der Waals surface area contributed by atoms with E-state index in [0.717, 1.165) is 6.26 Å². The first-order chi connectivity index (χ1) is 13.1. The zero-order valence-electron chi connectivity index (χ0n) is 15.3. The molecule has 0 bridgehead atoms. The van der Waals surface area contributed by atoms with Gasteiger partial charge in [0.1, 0.15) is 11.6 Å². The van der Waals surface area contributed by atoms with Crippen molar-refractivity contribution in [2.24, 2.45) is 7.05 Å². The largest absolute Gasteiger partial charge is 0.339 e. The molecule has 0 saturated carbocycles. The molecule has 0 aliphatic rings. The van der Waals surface area contributed by atoms with Gasteiger partial charge in [-0.2, -0.15) is 5.10 Å². The molecule has 3 heterocycles. The number of sulfone groups is 1. The minimum atomic E-state index is -3.54. The minimum Gasteiger partial charge on any atom is -0.339 e. The number of aryl methyl sites for hydroxylation is 1. The molecule has 1 amide bonds. The number of pyridine rings is 2. The van der Waals surface area contributed by atoms with Gasteiger partial charge in [0.05, 0.1) is 11.4 Å². The topological polar surface area (TPSA) is 119 Å². The normalized spacial score (nSPS) is 11.3. The quantitative estimate of drug-likeness (QED) is 0.651. The average Bonchev–Trinajstić information content (AvgIpc) is 2.99. The predicted octanol–water partition coefficient (Wildman–Crippen LogP) is 2.64. The molecule has 0 aliphatic carbocycles. The molecule has 0 radical (unpaired) electrons. The Bertz CT molecular complexity index is 1160. The number of nitrogens with one attached hydrogen (secondary N) is 2. The fourth-order valence-electron chi connectivity index (χ4n) is 2.44. The van der Waals surface area contributed by atoms with Crippen molar-refractivity contribution in [2.75, 3.05) is 16.9 Å². The van der Waals surface area contributed by atoms with Crippen LogP contribution in [0.15, 0.2) is 41.7 Å². The third-order valence-electron chi connectivity index (χ3n) is 3.61. The molecule has 0 fully saturated rings. The van der Waals surface area contributed by atoms with E-state index in [2.05, 4.69) is 25.7 Å². The number of nitrogens with zero attached hydrogens (tertiary/aromatic N) is 4. The molecule has 0 unspecified atom stereocenters. The second-order valence-corrected chi connectivity index (χ2v) is 8.48. The molecule has 11 heteroatoms. The van der Waals surface area contributed by atoms with Gasteiger partial charge >= 0.3 is 0 Å². The van der Waals surface area contributed by atoms with Crippen LogP contribution in [0.3, 0.4) is 0 Å². The molecule has 0 spiro atoms. The molecule has 0 aromatic carbocycles. The summed E-state index contributed by atoms with van der Waals surface area (Å²) in [5.41, 5.74) is 1.79. The summed E-state index contributed by atoms with van der Waals surface area (Å²) in [5, 5.41) is 10.1. The number of carbonyl (C=O) groups excluding carboxylic acids is 1. The average molecular weight is 421 g/mol. The Morgan fingerprint density at radius 3 is 2.57 bits per heavy atom. The Balaban J connectivity index is 2.09. The summed E-state index contributed by atoms with van der Waals surface area (Å²) < 4.78 is 25.3. The molecule has 0 aliphatic heterocycles. The molecule has 0 saturated heterocycles. The van der Waals surface area contributed by atoms with Gasteiger partial charge in [-0.1, -0.05) is 11.6 Å². The second-order valence-electron chi connectivity index (χ2n) is 6.08. The maximum atomic E-state index is 11.8. The van der Waals surface area contributed by atoms with E-state index in [1.165, 1.54) is 19.1 Å². The van der Waals surface area contributed by atoms with Crippen LogP contribution in [0.1, 0.15) is 6.92 Å². The van der Waals surface area contributed by atoms with E-state index in [1.807, 2.05) is 0 Å². The number of halogens is 1. The second kappa shape index (κ2) is 7.56. The van der Waals surface area contributed by atoms with E-state index in [9.17, 15) is 13.2 Å². The Kier molecular flexibility index (Phi) is 5.34. The maximum absolute atomic E-state index is 11.8. The highest BCUT2D eigenvalue weighted by Crippen LogP contribution is 2.31. The Morgan fingerprint density at radius 1 is 1.21 bits per heavy atom. The van der Waals surface area contributed by atoms with Crippen LogP contribution < -0.4 is 10.6 Å². The highest BCUT2D eigenvalue weighted by atomic mass is 35.5. The number of amides is 1. The highest BCUT2D eigenvalue weighted by Gasteiger charge is 2.15. The summed E-state index contributed by atoms with van der Waals surface area (Å²) in [6, 6.07) is 6.18. The van der Waals surface area contributed by atoms with Crippen LogP contribution in [0.25, 0.3) is 11.3 Å². The van der Waals surface area contributed by atoms with Crippen LogP contribution in [0.4, 0.5) is 17.3 Å². The van der Waals surface area contributed by atoms with Crippen LogP contribution in [0.5, 0.6) is 0 Å². The number of rotatable bonds is 5. The van der Waals surface area contributed by atoms with Gasteiger partial charge in [0, 0.05) is 49.3 Å². The lowest BCUT2D eigenvalue weighted by Gasteiger charge is -2.13. The van der Waals surface area contributed by atoms with Crippen LogP contribution in [-0.4, -0.2) is 40.3 Å². The molecule has 9 nitrogen and oxygen atoms in total. The third-order valence-corrected chi connectivity index (χ3v) is 4.79. The van der Waals surface area contributed by atoms with Gasteiger partial charge in [-0.25, -0.2) is 18.4 Å². The molecule has 0 atom stereocenters. The fraction of sp³-hybridized carbons (Fsp3) is 0.176. The van der Waals surface area contributed by atoms with Crippen molar-refractivity contribution < 1.29 is 13.2 Å². The lowest BCUT2D eigenvalue weighted by atomic mass is 10.1. The van der Waals surface area contributed by atoms with Crippen molar-refractivity contribution in [3.63, 3.8) is 0 Å². The van der Waals surface area contributed by atoms with Crippen LogP contribution >= 0.6 is 11.6 Å². The number of aromatic nitrogens is 4. The predicted molar refractivity (Wildman–Crippen MR) is 106 cm³/mol. The summed E-state index contributed by atoms with van der Waals surface area (Å²) in [6.45, 7) is 1.37. The molecule has 3 aromatic rings. The van der Waals surface area contributed by atoms with Gasteiger partial charge in [0.15, 0.2) is 14.9 Å². The number of hydrogen-bond acceptors (Lipinski definition) is 7. The van der Waals surface area contributed by atoms with Crippen molar-refractivity contribution in [2.45, 2.75) is 11.9 Å². The van der Waals surface area contributed by atoms with Gasteiger partial charge in [0.2, 0.25) is 5.91 Å². The fourth-order valence-corrected chi connectivity index (χ4v) is 3.31. The Morgan fingerprint density at radius 2 is 1.96 bits per heavy atom. The SMILES string of the molecule is CC(=O)Nc1cc(Nc2cc(Cl)cc(S(C)(=O)=O)n2)c(-c2ccn(C)n2)cn1. The first-order valence-corrected chi connectivity index (χ1v) is 10.3. The van der Waals surface area contributed by atoms with Gasteiger partial charge in [0.25, 0.3) is 0 Å². The van der Waals surface area contributed by atoms with Gasteiger partial charge < -0.3 is 10.6 Å². The van der Waals surface area contributed by atoms with Gasteiger partial charge in [-0.15, -0.1) is 0 Å². The Labute approximate surface area is 166 Å². The van der Waals surface area contributed by atoms with Gasteiger partial charge in [-0.05, 0) is 18.2 Å². The maximum Gasteiger partial charge on any atom is 0.222 e. The number of anilines is 3. The van der Waals surface area contributed by atoms with E-state index in [4.69, 9.17) is 11.6 Å². The first-order valence-electron chi connectivity index (χ1n) is 8.04. The van der Waals surface area contributed by atoms with Crippen LogP contribution in [0.2, 0.25) is 5.02 Å². The molecule has 146 valence electrons. The van der Waals surface area contributed by atoms with Crippen LogP contribution in [-0.2, 0) is 21.7 Å². The Hall–Kier alpha value is -2.98. The summed E-state index contributed by atoms with van der Waals surface area (Å²) in [7, 11) is -1.76. The van der Waals surface area contributed by atoms with Crippen molar-refractivity contribution in [1.82, 2.24) is 19.7 Å². The van der Waals surface area contributed by atoms with Gasteiger partial charge in [-0.3, -0.25) is 9.48 Å². The number of hydrogen-bond donors (Lipinski definition) is 2. The minimum absolute atomic E-state index is 0.155. The lowest BCUT2D eigenvalue weighted by molar-refractivity contribution is -0.114. The molecule has 3 rings (SSSR count). The molecular formula is C17H17ClN6O3S. The molecule has 3 aromatic heterocycles. The standard InChI is InChI=1S/C17H17ClN6O3S/c1-10(25)20-15-8-14(12(9-19-15)13-4-5-24(2)23-13)21-16-6-11(18)7-17(22-16)28(3,26)27/h4-9H,1-3H3,(H2,19,20,21,22,25). The van der Waals surface area contributed by atoms with Crippen molar-refractivity contribution in [1.29, 1.82) is 0 Å². The molecule has 2 N–H and O–H groups in total. The zero-order valence-corrected chi connectivity index (χ0v) is 16.8. The monoisotopic (exact) mass is 420 g/mol. The zero-order chi connectivity index (χ0) is 20.5. The summed E-state index contributed by atoms with van der Waals surface area (Å²) in [5.74, 6) is 0.273. The highest BCUT2D eigenvalue weighted by molar-refractivity contribution is 7.90. The van der Waals surface area contributed by atoms with E-state index in [-0.39, 0.29) is 21.8 Å². The molecule has 28 heavy (non-hydrogen) atoms. The molecular weight excluding hydrogens is 404 g/mol. The van der Waals surface area contributed by atoms with Crippen molar-refractivity contribution in [3.05, 3.63) is 41.7 Å².